The molecule has 0 aliphatic carbocycles. The summed E-state index contributed by atoms with van der Waals surface area (Å²) < 4.78 is 6.00. The monoisotopic (exact) mass is 238 g/mol. The van der Waals surface area contributed by atoms with Crippen LogP contribution < -0.4 is 5.32 Å². The topological polar surface area (TPSA) is 24.5 Å². The van der Waals surface area contributed by atoms with Crippen molar-refractivity contribution in [3.05, 3.63) is 0 Å². The molecule has 98 valence electrons. The zero-order valence-corrected chi connectivity index (χ0v) is 11.4. The number of hydrogen-bond donors (Lipinski definition) is 1. The lowest BCUT2D eigenvalue weighted by molar-refractivity contribution is 0.0453. The van der Waals surface area contributed by atoms with Crippen LogP contribution in [-0.4, -0.2) is 48.8 Å². The highest BCUT2D eigenvalue weighted by Crippen LogP contribution is 2.38. The molecule has 0 amide bonds. The van der Waals surface area contributed by atoms with Crippen molar-refractivity contribution in [2.45, 2.75) is 64.3 Å². The smallest absolute Gasteiger partial charge is 0.0735 e. The summed E-state index contributed by atoms with van der Waals surface area (Å²) in [5.41, 5.74) is 0.358. The highest BCUT2D eigenvalue weighted by molar-refractivity contribution is 4.98. The van der Waals surface area contributed by atoms with Crippen molar-refractivity contribution >= 4 is 0 Å². The lowest BCUT2D eigenvalue weighted by atomic mass is 9.84. The Bertz CT molecular complexity index is 286. The second kappa shape index (κ2) is 4.22. The minimum absolute atomic E-state index is 0.358. The largest absolute Gasteiger partial charge is 0.373 e. The zero-order valence-electron chi connectivity index (χ0n) is 11.4. The van der Waals surface area contributed by atoms with E-state index >= 15 is 0 Å². The molecule has 4 unspecified atom stereocenters. The summed E-state index contributed by atoms with van der Waals surface area (Å²) in [5, 5.41) is 3.67. The van der Waals surface area contributed by atoms with Crippen molar-refractivity contribution in [1.29, 1.82) is 0 Å². The molecule has 1 N–H and O–H groups in total. The fourth-order valence-electron chi connectivity index (χ4n) is 3.65. The number of ether oxygens (including phenoxy) is 1. The first-order valence-electron chi connectivity index (χ1n) is 7.17. The molecular formula is C14H26N2O. The molecule has 0 radical (unpaired) electrons. The molecule has 0 aromatic rings. The first kappa shape index (κ1) is 11.9. The lowest BCUT2D eigenvalue weighted by Gasteiger charge is -2.44. The number of nitrogens with zero attached hydrogens (tertiary/aromatic N) is 1. The average molecular weight is 238 g/mol. The summed E-state index contributed by atoms with van der Waals surface area (Å²) in [5.74, 6) is 0. The van der Waals surface area contributed by atoms with Crippen LogP contribution in [0.2, 0.25) is 0 Å². The molecule has 2 bridgehead atoms. The third kappa shape index (κ3) is 2.25. The summed E-state index contributed by atoms with van der Waals surface area (Å²) in [6.07, 6.45) is 4.99. The van der Waals surface area contributed by atoms with Gasteiger partial charge in [0.25, 0.3) is 0 Å². The van der Waals surface area contributed by atoms with E-state index in [2.05, 4.69) is 31.0 Å². The van der Waals surface area contributed by atoms with Crippen LogP contribution in [0.1, 0.15) is 40.0 Å². The van der Waals surface area contributed by atoms with Gasteiger partial charge in [0.15, 0.2) is 0 Å². The Morgan fingerprint density at radius 2 is 2.06 bits per heavy atom. The molecule has 3 saturated heterocycles. The van der Waals surface area contributed by atoms with E-state index in [9.17, 15) is 0 Å². The van der Waals surface area contributed by atoms with E-state index in [4.69, 9.17) is 4.74 Å². The summed E-state index contributed by atoms with van der Waals surface area (Å²) in [6.45, 7) is 10.5. The summed E-state index contributed by atoms with van der Waals surface area (Å²) in [7, 11) is 0. The van der Waals surface area contributed by atoms with E-state index in [1.54, 1.807) is 0 Å². The summed E-state index contributed by atoms with van der Waals surface area (Å²) >= 11 is 0. The van der Waals surface area contributed by atoms with Crippen LogP contribution in [0.25, 0.3) is 0 Å². The summed E-state index contributed by atoms with van der Waals surface area (Å²) in [6, 6.07) is 1.33. The highest BCUT2D eigenvalue weighted by Gasteiger charge is 2.45. The number of fused-ring (bicyclic) bond motifs is 2. The molecule has 17 heavy (non-hydrogen) atoms. The summed E-state index contributed by atoms with van der Waals surface area (Å²) in [4.78, 5) is 2.69. The number of rotatable bonds is 1. The Morgan fingerprint density at radius 3 is 2.65 bits per heavy atom. The van der Waals surface area contributed by atoms with Crippen molar-refractivity contribution in [3.63, 3.8) is 0 Å². The van der Waals surface area contributed by atoms with E-state index < -0.39 is 0 Å². The number of hydrogen-bond acceptors (Lipinski definition) is 3. The molecule has 3 heteroatoms. The Kier molecular flexibility index (Phi) is 2.96. The van der Waals surface area contributed by atoms with Gasteiger partial charge in [0.1, 0.15) is 0 Å². The Balaban J connectivity index is 1.64. The molecule has 3 fully saturated rings. The van der Waals surface area contributed by atoms with Crippen molar-refractivity contribution in [3.8, 4) is 0 Å². The van der Waals surface area contributed by atoms with Gasteiger partial charge in [-0.3, -0.25) is 4.90 Å². The van der Waals surface area contributed by atoms with Crippen LogP contribution in [-0.2, 0) is 4.74 Å². The van der Waals surface area contributed by atoms with Gasteiger partial charge in [0.2, 0.25) is 0 Å². The van der Waals surface area contributed by atoms with Gasteiger partial charge in [0, 0.05) is 31.7 Å². The van der Waals surface area contributed by atoms with Crippen molar-refractivity contribution in [2.24, 2.45) is 5.41 Å². The Labute approximate surface area is 105 Å². The van der Waals surface area contributed by atoms with Crippen molar-refractivity contribution < 1.29 is 4.74 Å². The van der Waals surface area contributed by atoms with Crippen LogP contribution in [0.3, 0.4) is 0 Å². The normalized spacial score (nSPS) is 43.2. The van der Waals surface area contributed by atoms with Crippen LogP contribution in [0.5, 0.6) is 0 Å². The minimum atomic E-state index is 0.358. The standard InChI is InChI=1S/C14H26N2O/c1-14(2,3)13-9-16(7-6-15-13)11-8-10-4-5-12(11)17-10/h10-13,15H,4-9H2,1-3H3. The molecule has 0 aromatic carbocycles. The van der Waals surface area contributed by atoms with Crippen LogP contribution in [0.4, 0.5) is 0 Å². The Hall–Kier alpha value is -0.120. The molecule has 0 saturated carbocycles. The van der Waals surface area contributed by atoms with Gasteiger partial charge in [-0.05, 0) is 24.7 Å². The molecule has 3 aliphatic rings. The molecule has 4 atom stereocenters. The zero-order chi connectivity index (χ0) is 12.0. The molecule has 3 aliphatic heterocycles. The van der Waals surface area contributed by atoms with E-state index in [0.717, 1.165) is 6.54 Å². The maximum absolute atomic E-state index is 6.00. The third-order valence-electron chi connectivity index (χ3n) is 4.80. The van der Waals surface area contributed by atoms with Crippen LogP contribution in [0, 0.1) is 5.41 Å². The van der Waals surface area contributed by atoms with Gasteiger partial charge in [-0.25, -0.2) is 0 Å². The van der Waals surface area contributed by atoms with Crippen molar-refractivity contribution in [1.82, 2.24) is 10.2 Å². The SMILES string of the molecule is CC(C)(C)C1CN(C2CC3CCC2O3)CCN1. The van der Waals surface area contributed by atoms with Crippen LogP contribution in [0.15, 0.2) is 0 Å². The van der Waals surface area contributed by atoms with Crippen molar-refractivity contribution in [2.75, 3.05) is 19.6 Å². The number of piperazine rings is 1. The van der Waals surface area contributed by atoms with Gasteiger partial charge in [-0.1, -0.05) is 20.8 Å². The van der Waals surface area contributed by atoms with Crippen LogP contribution >= 0.6 is 0 Å². The lowest BCUT2D eigenvalue weighted by Crippen LogP contribution is -2.59. The van der Waals surface area contributed by atoms with Gasteiger partial charge in [-0.2, -0.15) is 0 Å². The second-order valence-corrected chi connectivity index (χ2v) is 7.04. The highest BCUT2D eigenvalue weighted by atomic mass is 16.5. The van der Waals surface area contributed by atoms with Gasteiger partial charge in [0.05, 0.1) is 12.2 Å². The molecule has 0 spiro atoms. The fourth-order valence-corrected chi connectivity index (χ4v) is 3.65. The Morgan fingerprint density at radius 1 is 1.24 bits per heavy atom. The molecule has 3 nitrogen and oxygen atoms in total. The minimum Gasteiger partial charge on any atom is -0.373 e. The quantitative estimate of drug-likeness (QED) is 0.751. The predicted molar refractivity (Wildman–Crippen MR) is 69.1 cm³/mol. The molecule has 3 heterocycles. The van der Waals surface area contributed by atoms with Gasteiger partial charge >= 0.3 is 0 Å². The molecule has 3 rings (SSSR count). The average Bonchev–Trinajstić information content (AvgIpc) is 2.89. The van der Waals surface area contributed by atoms with E-state index in [1.165, 1.54) is 32.4 Å². The van der Waals surface area contributed by atoms with E-state index in [1.807, 2.05) is 0 Å². The van der Waals surface area contributed by atoms with E-state index in [0.29, 0.717) is 29.7 Å². The first-order valence-corrected chi connectivity index (χ1v) is 7.17. The maximum Gasteiger partial charge on any atom is 0.0735 e. The molecule has 0 aromatic heterocycles. The predicted octanol–water partition coefficient (Wildman–Crippen LogP) is 1.63. The van der Waals surface area contributed by atoms with Gasteiger partial charge in [-0.15, -0.1) is 0 Å². The fraction of sp³-hybridized carbons (Fsp3) is 1.00. The molecular weight excluding hydrogens is 212 g/mol. The maximum atomic E-state index is 6.00. The van der Waals surface area contributed by atoms with Gasteiger partial charge < -0.3 is 10.1 Å². The number of nitrogens with one attached hydrogen (secondary N) is 1. The van der Waals surface area contributed by atoms with E-state index in [-0.39, 0.29) is 0 Å². The third-order valence-corrected chi connectivity index (χ3v) is 4.80. The second-order valence-electron chi connectivity index (χ2n) is 7.04. The first-order chi connectivity index (χ1) is 8.04.